The fraction of sp³-hybridized carbons (Fsp3) is 0.158. The van der Waals surface area contributed by atoms with E-state index in [1.165, 1.54) is 6.08 Å². The monoisotopic (exact) mass is 462 g/mol. The van der Waals surface area contributed by atoms with Crippen molar-refractivity contribution >= 4 is 49.5 Å². The van der Waals surface area contributed by atoms with Crippen molar-refractivity contribution in [2.45, 2.75) is 13.3 Å². The zero-order valence-electron chi connectivity index (χ0n) is 13.6. The minimum Gasteiger partial charge on any atom is -0.493 e. The van der Waals surface area contributed by atoms with Crippen molar-refractivity contribution in [2.75, 3.05) is 11.9 Å². The summed E-state index contributed by atoms with van der Waals surface area (Å²) >= 11 is 6.74. The average Bonchev–Trinajstić information content (AvgIpc) is 2.60. The van der Waals surface area contributed by atoms with Gasteiger partial charge < -0.3 is 10.1 Å². The lowest BCUT2D eigenvalue weighted by molar-refractivity contribution is -0.112. The number of carbonyl (C=O) groups excluding carboxylic acids is 1. The molecule has 0 aliphatic rings. The first kappa shape index (κ1) is 19.2. The van der Waals surface area contributed by atoms with E-state index in [4.69, 9.17) is 4.74 Å². The molecule has 0 atom stereocenters. The molecule has 0 aliphatic carbocycles. The van der Waals surface area contributed by atoms with E-state index in [2.05, 4.69) is 37.2 Å². The fourth-order valence-electron chi connectivity index (χ4n) is 2.01. The quantitative estimate of drug-likeness (QED) is 0.451. The SMILES string of the molecule is CCCOc1ccc(Br)cc1/C=C(\C#N)C(=O)Nc1ccc(Br)cc1. The highest BCUT2D eigenvalue weighted by Gasteiger charge is 2.12. The van der Waals surface area contributed by atoms with Crippen molar-refractivity contribution in [2.24, 2.45) is 0 Å². The number of nitrogens with zero attached hydrogens (tertiary/aromatic N) is 1. The van der Waals surface area contributed by atoms with E-state index in [1.54, 1.807) is 12.1 Å². The van der Waals surface area contributed by atoms with Gasteiger partial charge in [-0.1, -0.05) is 38.8 Å². The van der Waals surface area contributed by atoms with Gasteiger partial charge in [0.25, 0.3) is 5.91 Å². The highest BCUT2D eigenvalue weighted by atomic mass is 79.9. The summed E-state index contributed by atoms with van der Waals surface area (Å²) in [7, 11) is 0. The minimum absolute atomic E-state index is 0.00219. The first-order chi connectivity index (χ1) is 12.0. The minimum atomic E-state index is -0.466. The Morgan fingerprint density at radius 1 is 1.20 bits per heavy atom. The molecule has 0 heterocycles. The molecular formula is C19H16Br2N2O2. The number of rotatable bonds is 6. The van der Waals surface area contributed by atoms with Crippen LogP contribution >= 0.6 is 31.9 Å². The first-order valence-electron chi connectivity index (χ1n) is 7.64. The highest BCUT2D eigenvalue weighted by Crippen LogP contribution is 2.26. The van der Waals surface area contributed by atoms with E-state index in [0.29, 0.717) is 23.6 Å². The molecule has 4 nitrogen and oxygen atoms in total. The third-order valence-corrected chi connectivity index (χ3v) is 4.22. The van der Waals surface area contributed by atoms with Crippen molar-refractivity contribution in [1.29, 1.82) is 5.26 Å². The Bertz CT molecular complexity index is 824. The molecule has 0 radical (unpaired) electrons. The summed E-state index contributed by atoms with van der Waals surface area (Å²) in [5, 5.41) is 12.1. The van der Waals surface area contributed by atoms with Crippen molar-refractivity contribution in [3.05, 3.63) is 62.5 Å². The lowest BCUT2D eigenvalue weighted by Crippen LogP contribution is -2.13. The van der Waals surface area contributed by atoms with Crippen molar-refractivity contribution in [3.63, 3.8) is 0 Å². The normalized spacial score (nSPS) is 10.9. The maximum Gasteiger partial charge on any atom is 0.266 e. The van der Waals surface area contributed by atoms with Crippen LogP contribution in [0.25, 0.3) is 6.08 Å². The fourth-order valence-corrected chi connectivity index (χ4v) is 2.65. The van der Waals surface area contributed by atoms with Crippen LogP contribution in [-0.2, 0) is 4.79 Å². The lowest BCUT2D eigenvalue weighted by atomic mass is 10.1. The Kier molecular flexibility index (Phi) is 7.23. The molecule has 0 spiro atoms. The van der Waals surface area contributed by atoms with E-state index >= 15 is 0 Å². The predicted octanol–water partition coefficient (Wildman–Crippen LogP) is 5.55. The maximum atomic E-state index is 12.4. The van der Waals surface area contributed by atoms with Crippen LogP contribution in [0.15, 0.2) is 57.0 Å². The molecule has 2 aromatic carbocycles. The Morgan fingerprint density at radius 2 is 1.88 bits per heavy atom. The number of ether oxygens (including phenoxy) is 1. The lowest BCUT2D eigenvalue weighted by Gasteiger charge is -2.09. The maximum absolute atomic E-state index is 12.4. The van der Waals surface area contributed by atoms with Crippen molar-refractivity contribution < 1.29 is 9.53 Å². The van der Waals surface area contributed by atoms with Crippen LogP contribution in [0.5, 0.6) is 5.75 Å². The number of hydrogen-bond donors (Lipinski definition) is 1. The molecular weight excluding hydrogens is 448 g/mol. The molecule has 0 saturated carbocycles. The summed E-state index contributed by atoms with van der Waals surface area (Å²) in [6.07, 6.45) is 2.40. The second-order valence-electron chi connectivity index (χ2n) is 5.16. The molecule has 6 heteroatoms. The third kappa shape index (κ3) is 5.73. The molecule has 2 rings (SSSR count). The van der Waals surface area contributed by atoms with Gasteiger partial charge in [0.15, 0.2) is 0 Å². The van der Waals surface area contributed by atoms with Gasteiger partial charge in [-0.15, -0.1) is 0 Å². The smallest absolute Gasteiger partial charge is 0.266 e. The number of nitriles is 1. The van der Waals surface area contributed by atoms with Gasteiger partial charge in [0.05, 0.1) is 6.61 Å². The van der Waals surface area contributed by atoms with Gasteiger partial charge in [-0.05, 0) is 55.0 Å². The second kappa shape index (κ2) is 9.40. The third-order valence-electron chi connectivity index (χ3n) is 3.20. The van der Waals surface area contributed by atoms with Gasteiger partial charge >= 0.3 is 0 Å². The van der Waals surface area contributed by atoms with E-state index in [1.807, 2.05) is 43.3 Å². The van der Waals surface area contributed by atoms with Crippen molar-refractivity contribution in [1.82, 2.24) is 0 Å². The van der Waals surface area contributed by atoms with Gasteiger partial charge in [0.1, 0.15) is 17.4 Å². The highest BCUT2D eigenvalue weighted by molar-refractivity contribution is 9.10. The van der Waals surface area contributed by atoms with Crippen LogP contribution in [0.3, 0.4) is 0 Å². The number of halogens is 2. The van der Waals surface area contributed by atoms with Gasteiger partial charge in [0.2, 0.25) is 0 Å². The van der Waals surface area contributed by atoms with Crippen LogP contribution < -0.4 is 10.1 Å². The Balaban J connectivity index is 2.27. The molecule has 25 heavy (non-hydrogen) atoms. The predicted molar refractivity (Wildman–Crippen MR) is 106 cm³/mol. The van der Waals surface area contributed by atoms with E-state index < -0.39 is 5.91 Å². The van der Waals surface area contributed by atoms with Crippen LogP contribution in [0.4, 0.5) is 5.69 Å². The molecule has 128 valence electrons. The first-order valence-corrected chi connectivity index (χ1v) is 9.23. The number of hydrogen-bond acceptors (Lipinski definition) is 3. The van der Waals surface area contributed by atoms with E-state index in [0.717, 1.165) is 15.4 Å². The molecule has 1 N–H and O–H groups in total. The Hall–Kier alpha value is -2.10. The second-order valence-corrected chi connectivity index (χ2v) is 6.99. The molecule has 0 aliphatic heterocycles. The molecule has 0 unspecified atom stereocenters. The largest absolute Gasteiger partial charge is 0.493 e. The van der Waals surface area contributed by atoms with Gasteiger partial charge in [0, 0.05) is 20.2 Å². The number of anilines is 1. The molecule has 0 fully saturated rings. The molecule has 1 amide bonds. The summed E-state index contributed by atoms with van der Waals surface area (Å²) in [5.41, 5.74) is 1.29. The molecule has 2 aromatic rings. The zero-order valence-corrected chi connectivity index (χ0v) is 16.7. The van der Waals surface area contributed by atoms with Crippen LogP contribution in [0, 0.1) is 11.3 Å². The number of carbonyl (C=O) groups is 1. The Morgan fingerprint density at radius 3 is 2.52 bits per heavy atom. The van der Waals surface area contributed by atoms with Crippen LogP contribution in [0.1, 0.15) is 18.9 Å². The summed E-state index contributed by atoms with van der Waals surface area (Å²) in [6, 6.07) is 14.6. The topological polar surface area (TPSA) is 62.1 Å². The van der Waals surface area contributed by atoms with Crippen LogP contribution in [0.2, 0.25) is 0 Å². The van der Waals surface area contributed by atoms with Gasteiger partial charge in [-0.2, -0.15) is 5.26 Å². The van der Waals surface area contributed by atoms with E-state index in [-0.39, 0.29) is 5.57 Å². The summed E-state index contributed by atoms with van der Waals surface area (Å²) in [5.74, 6) is 0.167. The molecule has 0 aromatic heterocycles. The average molecular weight is 464 g/mol. The molecule has 0 saturated heterocycles. The summed E-state index contributed by atoms with van der Waals surface area (Å²) in [6.45, 7) is 2.58. The van der Waals surface area contributed by atoms with Gasteiger partial charge in [-0.3, -0.25) is 4.79 Å². The van der Waals surface area contributed by atoms with Gasteiger partial charge in [-0.25, -0.2) is 0 Å². The van der Waals surface area contributed by atoms with E-state index in [9.17, 15) is 10.1 Å². The summed E-state index contributed by atoms with van der Waals surface area (Å²) in [4.78, 5) is 12.4. The molecule has 0 bridgehead atoms. The number of amides is 1. The standard InChI is InChI=1S/C19H16Br2N2O2/c1-2-9-25-18-8-5-16(21)11-13(18)10-14(12-22)19(24)23-17-6-3-15(20)4-7-17/h3-8,10-11H,2,9H2,1H3,(H,23,24)/b14-10+. The number of benzene rings is 2. The van der Waals surface area contributed by atoms with Crippen molar-refractivity contribution in [3.8, 4) is 11.8 Å². The summed E-state index contributed by atoms with van der Waals surface area (Å²) < 4.78 is 7.44. The number of nitrogens with one attached hydrogen (secondary N) is 1. The Labute approximate surface area is 163 Å². The van der Waals surface area contributed by atoms with Crippen LogP contribution in [-0.4, -0.2) is 12.5 Å². The zero-order chi connectivity index (χ0) is 18.2.